The number of nitrogens with zero attached hydrogens (tertiary/aromatic N) is 2. The minimum absolute atomic E-state index is 0.236. The first kappa shape index (κ1) is 13.1. The number of benzene rings is 1. The van der Waals surface area contributed by atoms with Gasteiger partial charge in [0.2, 0.25) is 5.91 Å². The molecule has 6 heteroatoms. The Labute approximate surface area is 110 Å². The lowest BCUT2D eigenvalue weighted by Gasteiger charge is -2.15. The number of para-hydroxylation sites is 1. The summed E-state index contributed by atoms with van der Waals surface area (Å²) in [4.78, 5) is 22.7. The molecule has 1 amide bonds. The van der Waals surface area contributed by atoms with E-state index in [1.807, 2.05) is 24.3 Å². The molecule has 1 aromatic carbocycles. The maximum atomic E-state index is 11.6. The van der Waals surface area contributed by atoms with Crippen LogP contribution >= 0.6 is 0 Å². The second-order valence-corrected chi connectivity index (χ2v) is 4.16. The third-order valence-electron chi connectivity index (χ3n) is 2.77. The number of hydrogen-bond acceptors (Lipinski definition) is 4. The van der Waals surface area contributed by atoms with Crippen molar-refractivity contribution < 1.29 is 14.3 Å². The van der Waals surface area contributed by atoms with Crippen LogP contribution in [-0.4, -0.2) is 34.8 Å². The topological polar surface area (TPSA) is 73.2 Å². The zero-order chi connectivity index (χ0) is 13.8. The molecule has 0 radical (unpaired) electrons. The van der Waals surface area contributed by atoms with E-state index in [0.717, 1.165) is 10.9 Å². The van der Waals surface area contributed by atoms with Crippen LogP contribution < -0.4 is 5.32 Å². The van der Waals surface area contributed by atoms with Gasteiger partial charge in [0.25, 0.3) is 0 Å². The molecule has 2 aromatic rings. The van der Waals surface area contributed by atoms with Gasteiger partial charge in [0.1, 0.15) is 6.04 Å². The van der Waals surface area contributed by atoms with E-state index < -0.39 is 12.0 Å². The lowest BCUT2D eigenvalue weighted by molar-refractivity contribution is -0.145. The fraction of sp³-hybridized carbons (Fsp3) is 0.308. The number of carbonyl (C=O) groups excluding carboxylic acids is 2. The molecule has 0 aliphatic heterocycles. The molecule has 0 aliphatic carbocycles. The number of hydrogen-bond donors (Lipinski definition) is 1. The van der Waals surface area contributed by atoms with Crippen molar-refractivity contribution in [1.82, 2.24) is 15.1 Å². The molecule has 1 N–H and O–H groups in total. The number of methoxy groups -OCH3 is 1. The minimum atomic E-state index is -0.745. The smallest absolute Gasteiger partial charge is 0.330 e. The first-order chi connectivity index (χ1) is 9.11. The Kier molecular flexibility index (Phi) is 3.79. The van der Waals surface area contributed by atoms with Gasteiger partial charge in [0.15, 0.2) is 0 Å². The first-order valence-electron chi connectivity index (χ1n) is 5.87. The molecule has 1 heterocycles. The lowest BCUT2D eigenvalue weighted by Crippen LogP contribution is -2.43. The van der Waals surface area contributed by atoms with Crippen LogP contribution in [0.1, 0.15) is 6.92 Å². The predicted octanol–water partition coefficient (Wildman–Crippen LogP) is 0.714. The summed E-state index contributed by atoms with van der Waals surface area (Å²) < 4.78 is 6.35. The molecule has 1 aromatic heterocycles. The predicted molar refractivity (Wildman–Crippen MR) is 69.4 cm³/mol. The molecule has 0 aliphatic rings. The van der Waals surface area contributed by atoms with Crippen LogP contribution in [0.25, 0.3) is 10.9 Å². The van der Waals surface area contributed by atoms with Crippen LogP contribution in [0.5, 0.6) is 0 Å². The monoisotopic (exact) mass is 261 g/mol. The van der Waals surface area contributed by atoms with Crippen molar-refractivity contribution in [3.8, 4) is 0 Å². The zero-order valence-electron chi connectivity index (χ0n) is 10.8. The molecule has 0 bridgehead atoms. The summed E-state index contributed by atoms with van der Waals surface area (Å²) in [5.41, 5.74) is 0.904. The summed E-state index contributed by atoms with van der Waals surface area (Å²) in [6.45, 7) is 1.59. The van der Waals surface area contributed by atoms with Gasteiger partial charge in [-0.25, -0.2) is 4.79 Å². The number of nitrogens with one attached hydrogen (secondary N) is 1. The van der Waals surface area contributed by atoms with Crippen LogP contribution in [-0.2, 0) is 20.9 Å². The molecule has 0 fully saturated rings. The van der Waals surface area contributed by atoms with Crippen LogP contribution in [0.2, 0.25) is 0 Å². The molecule has 1 unspecified atom stereocenters. The van der Waals surface area contributed by atoms with Gasteiger partial charge in [-0.1, -0.05) is 18.2 Å². The molecule has 0 saturated heterocycles. The maximum absolute atomic E-state index is 11.6. The van der Waals surface area contributed by atoms with E-state index in [-0.39, 0.29) is 12.5 Å². The van der Waals surface area contributed by atoms with Gasteiger partial charge in [-0.2, -0.15) is 5.10 Å². The van der Waals surface area contributed by atoms with Crippen molar-refractivity contribution in [2.45, 2.75) is 19.5 Å². The Bertz CT molecular complexity index is 606. The minimum Gasteiger partial charge on any atom is -0.467 e. The van der Waals surface area contributed by atoms with Crippen molar-refractivity contribution in [1.29, 1.82) is 0 Å². The third-order valence-corrected chi connectivity index (χ3v) is 2.77. The van der Waals surface area contributed by atoms with Gasteiger partial charge in [-0.15, -0.1) is 0 Å². The highest BCUT2D eigenvalue weighted by Gasteiger charge is 2.21. The maximum Gasteiger partial charge on any atom is 0.330 e. The standard InChI is InChI=1S/C13H15N3O3/c1-9(17)15-11(13(18)19-2)8-16-12-6-4-3-5-10(12)7-14-16/h3-7,11H,8H2,1-2H3,(H,15,17). The molecule has 0 spiro atoms. The van der Waals surface area contributed by atoms with Crippen LogP contribution in [0.4, 0.5) is 0 Å². The zero-order valence-corrected chi connectivity index (χ0v) is 10.8. The van der Waals surface area contributed by atoms with Gasteiger partial charge in [0, 0.05) is 12.3 Å². The molecule has 0 saturated carbocycles. The normalized spacial score (nSPS) is 12.1. The second kappa shape index (κ2) is 5.51. The highest BCUT2D eigenvalue weighted by atomic mass is 16.5. The van der Waals surface area contributed by atoms with Crippen molar-refractivity contribution in [2.75, 3.05) is 7.11 Å². The summed E-state index contributed by atoms with van der Waals surface area (Å²) in [7, 11) is 1.29. The van der Waals surface area contributed by atoms with E-state index in [1.165, 1.54) is 14.0 Å². The van der Waals surface area contributed by atoms with Crippen molar-refractivity contribution in [2.24, 2.45) is 0 Å². The third kappa shape index (κ3) is 2.90. The second-order valence-electron chi connectivity index (χ2n) is 4.16. The van der Waals surface area contributed by atoms with Gasteiger partial charge in [-0.05, 0) is 6.07 Å². The number of amides is 1. The van der Waals surface area contributed by atoms with Crippen molar-refractivity contribution in [3.63, 3.8) is 0 Å². The van der Waals surface area contributed by atoms with E-state index in [2.05, 4.69) is 15.2 Å². The first-order valence-corrected chi connectivity index (χ1v) is 5.87. The summed E-state index contributed by atoms with van der Waals surface area (Å²) >= 11 is 0. The molecular weight excluding hydrogens is 246 g/mol. The molecule has 1 atom stereocenters. The largest absolute Gasteiger partial charge is 0.467 e. The number of carbonyl (C=O) groups is 2. The molecular formula is C13H15N3O3. The lowest BCUT2D eigenvalue weighted by atomic mass is 10.2. The molecule has 19 heavy (non-hydrogen) atoms. The highest BCUT2D eigenvalue weighted by Crippen LogP contribution is 2.13. The number of rotatable bonds is 4. The SMILES string of the molecule is COC(=O)C(Cn1ncc2ccccc21)NC(C)=O. The Balaban J connectivity index is 2.25. The molecule has 2 rings (SSSR count). The average Bonchev–Trinajstić information content (AvgIpc) is 2.80. The fourth-order valence-electron chi connectivity index (χ4n) is 1.91. The van der Waals surface area contributed by atoms with Gasteiger partial charge >= 0.3 is 5.97 Å². The summed E-state index contributed by atoms with van der Waals surface area (Å²) in [6, 6.07) is 6.91. The quantitative estimate of drug-likeness (QED) is 0.823. The van der Waals surface area contributed by atoms with Crippen LogP contribution in [0, 0.1) is 0 Å². The van der Waals surface area contributed by atoms with Gasteiger partial charge in [-0.3, -0.25) is 9.48 Å². The van der Waals surface area contributed by atoms with Gasteiger partial charge < -0.3 is 10.1 Å². The van der Waals surface area contributed by atoms with E-state index in [9.17, 15) is 9.59 Å². The van der Waals surface area contributed by atoms with Crippen molar-refractivity contribution in [3.05, 3.63) is 30.5 Å². The van der Waals surface area contributed by atoms with E-state index in [1.54, 1.807) is 10.9 Å². The van der Waals surface area contributed by atoms with E-state index in [0.29, 0.717) is 0 Å². The van der Waals surface area contributed by atoms with E-state index in [4.69, 9.17) is 0 Å². The Hall–Kier alpha value is -2.37. The number of aromatic nitrogens is 2. The summed E-state index contributed by atoms with van der Waals surface area (Å²) in [5, 5.41) is 7.76. The van der Waals surface area contributed by atoms with Crippen LogP contribution in [0.3, 0.4) is 0 Å². The molecule has 100 valence electrons. The Morgan fingerprint density at radius 2 is 2.16 bits per heavy atom. The Morgan fingerprint density at radius 3 is 2.84 bits per heavy atom. The Morgan fingerprint density at radius 1 is 1.42 bits per heavy atom. The number of esters is 1. The van der Waals surface area contributed by atoms with Gasteiger partial charge in [0.05, 0.1) is 25.4 Å². The summed E-state index contributed by atoms with van der Waals surface area (Å²) in [6.07, 6.45) is 1.72. The molecule has 6 nitrogen and oxygen atoms in total. The van der Waals surface area contributed by atoms with E-state index >= 15 is 0 Å². The number of ether oxygens (including phenoxy) is 1. The van der Waals surface area contributed by atoms with Crippen LogP contribution in [0.15, 0.2) is 30.5 Å². The number of fused-ring (bicyclic) bond motifs is 1. The average molecular weight is 261 g/mol. The fourth-order valence-corrected chi connectivity index (χ4v) is 1.91. The highest BCUT2D eigenvalue weighted by molar-refractivity contribution is 5.83. The van der Waals surface area contributed by atoms with Crippen molar-refractivity contribution >= 4 is 22.8 Å². The summed E-state index contributed by atoms with van der Waals surface area (Å²) in [5.74, 6) is -0.776.